The van der Waals surface area contributed by atoms with Gasteiger partial charge in [-0.1, -0.05) is 6.07 Å². The lowest BCUT2D eigenvalue weighted by Crippen LogP contribution is -2.40. The third kappa shape index (κ3) is 2.81. The van der Waals surface area contributed by atoms with Crippen molar-refractivity contribution in [2.45, 2.75) is 25.8 Å². The van der Waals surface area contributed by atoms with Gasteiger partial charge in [0, 0.05) is 37.1 Å². The van der Waals surface area contributed by atoms with Gasteiger partial charge in [0.15, 0.2) is 5.65 Å². The molecule has 1 saturated heterocycles. The Kier molecular flexibility index (Phi) is 3.53. The molecule has 4 rings (SSSR count). The largest absolute Gasteiger partial charge is 0.367 e. The summed E-state index contributed by atoms with van der Waals surface area (Å²) < 4.78 is 2.04. The molecule has 1 aliphatic heterocycles. The van der Waals surface area contributed by atoms with E-state index < -0.39 is 0 Å². The first kappa shape index (κ1) is 13.9. The summed E-state index contributed by atoms with van der Waals surface area (Å²) in [7, 11) is 0. The van der Waals surface area contributed by atoms with Crippen LogP contribution in [0.5, 0.6) is 0 Å². The van der Waals surface area contributed by atoms with Crippen molar-refractivity contribution in [2.24, 2.45) is 0 Å². The first-order valence-corrected chi connectivity index (χ1v) is 7.89. The van der Waals surface area contributed by atoms with Gasteiger partial charge in [-0.25, -0.2) is 9.97 Å². The Bertz CT molecular complexity index is 805. The molecule has 118 valence electrons. The fraction of sp³-hybridized carbons (Fsp3) is 0.375. The van der Waals surface area contributed by atoms with Gasteiger partial charge < -0.3 is 10.2 Å². The molecule has 0 aromatic carbocycles. The van der Waals surface area contributed by atoms with Crippen LogP contribution >= 0.6 is 0 Å². The van der Waals surface area contributed by atoms with Crippen LogP contribution in [0, 0.1) is 6.92 Å². The topological polar surface area (TPSA) is 71.2 Å². The Balaban J connectivity index is 1.43. The number of aromatic nitrogens is 5. The minimum Gasteiger partial charge on any atom is -0.367 e. The van der Waals surface area contributed by atoms with Gasteiger partial charge in [-0.15, -0.1) is 10.2 Å². The van der Waals surface area contributed by atoms with Gasteiger partial charge in [0.2, 0.25) is 5.95 Å². The Labute approximate surface area is 134 Å². The number of piperidine rings is 1. The second-order valence-corrected chi connectivity index (χ2v) is 5.88. The van der Waals surface area contributed by atoms with E-state index in [1.165, 1.54) is 0 Å². The lowest BCUT2D eigenvalue weighted by molar-refractivity contribution is 0.517. The van der Waals surface area contributed by atoms with Gasteiger partial charge in [-0.05, 0) is 31.9 Å². The minimum absolute atomic E-state index is 0.430. The molecule has 0 atom stereocenters. The Morgan fingerprint density at radius 2 is 2.00 bits per heavy atom. The smallest absolute Gasteiger partial charge is 0.231 e. The van der Waals surface area contributed by atoms with E-state index in [1.54, 1.807) is 6.33 Å². The molecule has 0 amide bonds. The Hall–Kier alpha value is -2.70. The van der Waals surface area contributed by atoms with Crippen molar-refractivity contribution in [1.29, 1.82) is 0 Å². The molecule has 0 radical (unpaired) electrons. The summed E-state index contributed by atoms with van der Waals surface area (Å²) >= 11 is 0. The number of anilines is 2. The molecule has 23 heavy (non-hydrogen) atoms. The molecule has 7 heteroatoms. The van der Waals surface area contributed by atoms with Crippen LogP contribution in [0.1, 0.15) is 18.5 Å². The predicted molar refractivity (Wildman–Crippen MR) is 88.6 cm³/mol. The van der Waals surface area contributed by atoms with E-state index in [-0.39, 0.29) is 0 Å². The highest BCUT2D eigenvalue weighted by Gasteiger charge is 2.22. The van der Waals surface area contributed by atoms with Gasteiger partial charge in [0.05, 0.1) is 0 Å². The normalized spacial score (nSPS) is 16.0. The average molecular weight is 309 g/mol. The molecule has 1 fully saturated rings. The van der Waals surface area contributed by atoms with Crippen molar-refractivity contribution >= 4 is 17.4 Å². The summed E-state index contributed by atoms with van der Waals surface area (Å²) in [6.07, 6.45) is 5.71. The lowest BCUT2D eigenvalue weighted by Gasteiger charge is -2.32. The van der Waals surface area contributed by atoms with E-state index >= 15 is 0 Å². The zero-order valence-corrected chi connectivity index (χ0v) is 13.1. The number of nitrogens with zero attached hydrogens (tertiary/aromatic N) is 6. The molecule has 3 aromatic rings. The van der Waals surface area contributed by atoms with Crippen LogP contribution in [0.25, 0.3) is 5.65 Å². The van der Waals surface area contributed by atoms with E-state index in [1.807, 2.05) is 41.8 Å². The van der Waals surface area contributed by atoms with Crippen LogP contribution in [0.2, 0.25) is 0 Å². The van der Waals surface area contributed by atoms with E-state index in [9.17, 15) is 0 Å². The Morgan fingerprint density at radius 3 is 2.83 bits per heavy atom. The van der Waals surface area contributed by atoms with Crippen LogP contribution < -0.4 is 10.2 Å². The SMILES string of the molecule is Cc1cc(NC2CCN(c3nnc4ccccn34)CC2)ncn1. The van der Waals surface area contributed by atoms with Gasteiger partial charge in [0.1, 0.15) is 12.1 Å². The van der Waals surface area contributed by atoms with Crippen LogP contribution in [-0.2, 0) is 0 Å². The first-order chi connectivity index (χ1) is 11.3. The van der Waals surface area contributed by atoms with Crippen molar-refractivity contribution in [3.8, 4) is 0 Å². The van der Waals surface area contributed by atoms with Crippen molar-refractivity contribution in [1.82, 2.24) is 24.6 Å². The summed E-state index contributed by atoms with van der Waals surface area (Å²) in [4.78, 5) is 10.7. The number of hydrogen-bond acceptors (Lipinski definition) is 6. The highest BCUT2D eigenvalue weighted by atomic mass is 15.4. The quantitative estimate of drug-likeness (QED) is 0.797. The third-order valence-electron chi connectivity index (χ3n) is 4.23. The van der Waals surface area contributed by atoms with Crippen molar-refractivity contribution in [2.75, 3.05) is 23.3 Å². The molecule has 7 nitrogen and oxygen atoms in total. The Morgan fingerprint density at radius 1 is 1.13 bits per heavy atom. The standard InChI is InChI=1S/C16H19N7/c1-12-10-14(18-11-17-12)19-13-5-8-22(9-6-13)16-21-20-15-4-2-3-7-23(15)16/h2-4,7,10-11,13H,5-6,8-9H2,1H3,(H,17,18,19). The highest BCUT2D eigenvalue weighted by molar-refractivity contribution is 5.46. The van der Waals surface area contributed by atoms with Gasteiger partial charge in [-0.2, -0.15) is 0 Å². The molecule has 4 heterocycles. The lowest BCUT2D eigenvalue weighted by atomic mass is 10.1. The van der Waals surface area contributed by atoms with Gasteiger partial charge >= 0.3 is 0 Å². The molecule has 0 saturated carbocycles. The maximum absolute atomic E-state index is 4.34. The van der Waals surface area contributed by atoms with Crippen molar-refractivity contribution in [3.05, 3.63) is 42.5 Å². The highest BCUT2D eigenvalue weighted by Crippen LogP contribution is 2.20. The van der Waals surface area contributed by atoms with Gasteiger partial charge in [0.25, 0.3) is 0 Å². The number of rotatable bonds is 3. The fourth-order valence-electron chi connectivity index (χ4n) is 3.01. The second kappa shape index (κ2) is 5.83. The van der Waals surface area contributed by atoms with Crippen molar-refractivity contribution in [3.63, 3.8) is 0 Å². The molecule has 0 bridgehead atoms. The van der Waals surface area contributed by atoms with Gasteiger partial charge in [-0.3, -0.25) is 4.40 Å². The van der Waals surface area contributed by atoms with E-state index in [0.29, 0.717) is 6.04 Å². The molecular weight excluding hydrogens is 290 g/mol. The molecule has 1 aliphatic rings. The van der Waals surface area contributed by atoms with E-state index in [0.717, 1.165) is 49.0 Å². The number of fused-ring (bicyclic) bond motifs is 1. The van der Waals surface area contributed by atoms with Crippen LogP contribution in [-0.4, -0.2) is 43.7 Å². The van der Waals surface area contributed by atoms with E-state index in [4.69, 9.17) is 0 Å². The second-order valence-electron chi connectivity index (χ2n) is 5.88. The summed E-state index contributed by atoms with van der Waals surface area (Å²) in [6, 6.07) is 8.37. The molecule has 0 aliphatic carbocycles. The molecule has 3 aromatic heterocycles. The number of aryl methyl sites for hydroxylation is 1. The van der Waals surface area contributed by atoms with Crippen LogP contribution in [0.3, 0.4) is 0 Å². The molecule has 1 N–H and O–H groups in total. The fourth-order valence-corrected chi connectivity index (χ4v) is 3.01. The number of pyridine rings is 1. The zero-order valence-electron chi connectivity index (χ0n) is 13.1. The summed E-state index contributed by atoms with van der Waals surface area (Å²) in [5.41, 5.74) is 1.87. The van der Waals surface area contributed by atoms with Crippen LogP contribution in [0.15, 0.2) is 36.8 Å². The predicted octanol–water partition coefficient (Wildman–Crippen LogP) is 1.91. The minimum atomic E-state index is 0.430. The zero-order chi connectivity index (χ0) is 15.6. The summed E-state index contributed by atoms with van der Waals surface area (Å²) in [5, 5.41) is 12.1. The molecule has 0 spiro atoms. The monoisotopic (exact) mass is 309 g/mol. The average Bonchev–Trinajstić information content (AvgIpc) is 3.00. The number of nitrogens with one attached hydrogen (secondary N) is 1. The summed E-state index contributed by atoms with van der Waals surface area (Å²) in [5.74, 6) is 1.83. The third-order valence-corrected chi connectivity index (χ3v) is 4.23. The maximum atomic E-state index is 4.34. The molecule has 0 unspecified atom stereocenters. The molecular formula is C16H19N7. The summed E-state index contributed by atoms with van der Waals surface area (Å²) in [6.45, 7) is 3.89. The van der Waals surface area contributed by atoms with E-state index in [2.05, 4.69) is 30.4 Å². The number of hydrogen-bond donors (Lipinski definition) is 1. The van der Waals surface area contributed by atoms with Crippen molar-refractivity contribution < 1.29 is 0 Å². The van der Waals surface area contributed by atoms with Crippen LogP contribution in [0.4, 0.5) is 11.8 Å². The first-order valence-electron chi connectivity index (χ1n) is 7.89. The maximum Gasteiger partial charge on any atom is 0.231 e.